The maximum atomic E-state index is 4.91. The van der Waals surface area contributed by atoms with Gasteiger partial charge in [-0.25, -0.2) is 4.98 Å². The van der Waals surface area contributed by atoms with Gasteiger partial charge in [0.15, 0.2) is 0 Å². The molecule has 0 aliphatic carbocycles. The van der Waals surface area contributed by atoms with Crippen molar-refractivity contribution in [2.75, 3.05) is 7.11 Å². The number of aromatic nitrogens is 2. The summed E-state index contributed by atoms with van der Waals surface area (Å²) in [7, 11) is 1.57. The van der Waals surface area contributed by atoms with E-state index in [9.17, 15) is 0 Å². The largest absolute Gasteiger partial charge is 0.467 e. The Morgan fingerprint density at radius 3 is 3.08 bits per heavy atom. The minimum absolute atomic E-state index is 0.431. The molecule has 2 heterocycles. The van der Waals surface area contributed by atoms with Gasteiger partial charge in [0.05, 0.1) is 23.5 Å². The molecule has 3 nitrogen and oxygen atoms in total. The van der Waals surface area contributed by atoms with Crippen LogP contribution in [-0.4, -0.2) is 17.1 Å². The van der Waals surface area contributed by atoms with Crippen LogP contribution in [0, 0.1) is 6.92 Å². The van der Waals surface area contributed by atoms with Crippen molar-refractivity contribution in [3.63, 3.8) is 0 Å². The number of hydrogen-bond donors (Lipinski definition) is 0. The minimum atomic E-state index is 0.431. The molecule has 0 unspecified atom stereocenters. The Balaban J connectivity index is 2.66. The number of hydrogen-bond acceptors (Lipinski definition) is 4. The molecule has 0 atom stereocenters. The second-order valence-corrected chi connectivity index (χ2v) is 3.75. The molecule has 0 radical (unpaired) electrons. The summed E-state index contributed by atoms with van der Waals surface area (Å²) in [4.78, 5) is 9.45. The zero-order valence-corrected chi connectivity index (χ0v) is 7.68. The number of aryl methyl sites for hydroxylation is 1. The highest BCUT2D eigenvalue weighted by atomic mass is 32.1. The van der Waals surface area contributed by atoms with Gasteiger partial charge in [0, 0.05) is 4.88 Å². The van der Waals surface area contributed by atoms with E-state index in [2.05, 4.69) is 16.9 Å². The highest BCUT2D eigenvalue weighted by molar-refractivity contribution is 7.18. The van der Waals surface area contributed by atoms with Gasteiger partial charge in [-0.15, -0.1) is 11.3 Å². The number of ether oxygens (including phenoxy) is 1. The number of nitrogens with zero attached hydrogens (tertiary/aromatic N) is 2. The molecule has 0 saturated carbocycles. The molecule has 0 bridgehead atoms. The van der Waals surface area contributed by atoms with Crippen LogP contribution in [-0.2, 0) is 0 Å². The van der Waals surface area contributed by atoms with E-state index in [1.54, 1.807) is 24.6 Å². The van der Waals surface area contributed by atoms with Gasteiger partial charge in [-0.1, -0.05) is 0 Å². The molecule has 62 valence electrons. The van der Waals surface area contributed by atoms with E-state index in [-0.39, 0.29) is 0 Å². The normalized spacial score (nSPS) is 10.5. The molecule has 4 heteroatoms. The monoisotopic (exact) mass is 180 g/mol. The summed E-state index contributed by atoms with van der Waals surface area (Å²) >= 11 is 1.69. The first-order valence-corrected chi connectivity index (χ1v) is 4.38. The van der Waals surface area contributed by atoms with E-state index in [0.29, 0.717) is 6.01 Å². The standard InChI is InChI=1S/C8H8N2OS/c1-5-3-6-7(12-5)4-9-8(10-6)11-2/h3-4H,1-2H3. The molecule has 0 spiro atoms. The molecule has 0 aliphatic heterocycles. The Morgan fingerprint density at radius 2 is 2.33 bits per heavy atom. The molecule has 2 aromatic heterocycles. The lowest BCUT2D eigenvalue weighted by atomic mass is 10.4. The van der Waals surface area contributed by atoms with Gasteiger partial charge in [0.1, 0.15) is 0 Å². The fourth-order valence-electron chi connectivity index (χ4n) is 1.04. The lowest BCUT2D eigenvalue weighted by molar-refractivity contribution is 0.382. The van der Waals surface area contributed by atoms with Crippen LogP contribution in [0.1, 0.15) is 4.88 Å². The molecule has 2 rings (SSSR count). The molecule has 0 fully saturated rings. The van der Waals surface area contributed by atoms with Crippen LogP contribution in [0.2, 0.25) is 0 Å². The number of fused-ring (bicyclic) bond motifs is 1. The van der Waals surface area contributed by atoms with Crippen LogP contribution >= 0.6 is 11.3 Å². The van der Waals surface area contributed by atoms with Gasteiger partial charge in [0.25, 0.3) is 0 Å². The Morgan fingerprint density at radius 1 is 1.50 bits per heavy atom. The van der Waals surface area contributed by atoms with E-state index in [0.717, 1.165) is 10.2 Å². The summed E-state index contributed by atoms with van der Waals surface area (Å²) in [5.41, 5.74) is 0.962. The summed E-state index contributed by atoms with van der Waals surface area (Å²) in [6.07, 6.45) is 1.79. The minimum Gasteiger partial charge on any atom is -0.467 e. The fourth-order valence-corrected chi connectivity index (χ4v) is 1.87. The first-order chi connectivity index (χ1) is 5.79. The van der Waals surface area contributed by atoms with Crippen LogP contribution in [0.4, 0.5) is 0 Å². The van der Waals surface area contributed by atoms with Crippen molar-refractivity contribution >= 4 is 21.6 Å². The summed E-state index contributed by atoms with van der Waals surface area (Å²) in [6.45, 7) is 2.05. The van der Waals surface area contributed by atoms with Crippen molar-refractivity contribution in [3.8, 4) is 6.01 Å². The van der Waals surface area contributed by atoms with Crippen molar-refractivity contribution in [1.82, 2.24) is 9.97 Å². The molecule has 0 saturated heterocycles. The predicted octanol–water partition coefficient (Wildman–Crippen LogP) is 2.01. The van der Waals surface area contributed by atoms with Crippen LogP contribution in [0.5, 0.6) is 6.01 Å². The van der Waals surface area contributed by atoms with E-state index in [1.165, 1.54) is 4.88 Å². The molecule has 0 aliphatic rings. The summed E-state index contributed by atoms with van der Waals surface area (Å²) in [6, 6.07) is 2.46. The molecule has 0 N–H and O–H groups in total. The van der Waals surface area contributed by atoms with Crippen molar-refractivity contribution < 1.29 is 4.74 Å². The maximum absolute atomic E-state index is 4.91. The predicted molar refractivity (Wildman–Crippen MR) is 48.7 cm³/mol. The van der Waals surface area contributed by atoms with E-state index < -0.39 is 0 Å². The third-order valence-electron chi connectivity index (χ3n) is 1.55. The van der Waals surface area contributed by atoms with E-state index >= 15 is 0 Å². The van der Waals surface area contributed by atoms with Gasteiger partial charge >= 0.3 is 6.01 Å². The van der Waals surface area contributed by atoms with Gasteiger partial charge in [-0.3, -0.25) is 0 Å². The SMILES string of the molecule is COc1ncc2sc(C)cc2n1. The first-order valence-electron chi connectivity index (χ1n) is 3.57. The highest BCUT2D eigenvalue weighted by Crippen LogP contribution is 2.23. The van der Waals surface area contributed by atoms with Gasteiger partial charge < -0.3 is 4.74 Å². The van der Waals surface area contributed by atoms with Crippen LogP contribution < -0.4 is 4.74 Å². The van der Waals surface area contributed by atoms with Gasteiger partial charge in [0.2, 0.25) is 0 Å². The lowest BCUT2D eigenvalue weighted by Crippen LogP contribution is -1.89. The van der Waals surface area contributed by atoms with Crippen molar-refractivity contribution in [2.24, 2.45) is 0 Å². The Labute approximate surface area is 74.0 Å². The second-order valence-electron chi connectivity index (χ2n) is 2.46. The third kappa shape index (κ3) is 1.14. The average Bonchev–Trinajstić information content (AvgIpc) is 2.43. The zero-order valence-electron chi connectivity index (χ0n) is 6.87. The second kappa shape index (κ2) is 2.71. The Hall–Kier alpha value is -1.16. The van der Waals surface area contributed by atoms with Crippen LogP contribution in [0.3, 0.4) is 0 Å². The fraction of sp³-hybridized carbons (Fsp3) is 0.250. The van der Waals surface area contributed by atoms with E-state index in [1.807, 2.05) is 6.07 Å². The summed E-state index contributed by atoms with van der Waals surface area (Å²) in [5.74, 6) is 0. The molecule has 0 amide bonds. The molecule has 2 aromatic rings. The first kappa shape index (κ1) is 7.49. The number of thiophene rings is 1. The quantitative estimate of drug-likeness (QED) is 0.673. The Bertz CT molecular complexity index is 410. The van der Waals surface area contributed by atoms with Gasteiger partial charge in [-0.05, 0) is 13.0 Å². The third-order valence-corrected chi connectivity index (χ3v) is 2.53. The smallest absolute Gasteiger partial charge is 0.316 e. The molecule has 12 heavy (non-hydrogen) atoms. The zero-order chi connectivity index (χ0) is 8.55. The molecule has 0 aromatic carbocycles. The summed E-state index contributed by atoms with van der Waals surface area (Å²) < 4.78 is 6.02. The molecular formula is C8H8N2OS. The number of rotatable bonds is 1. The number of methoxy groups -OCH3 is 1. The van der Waals surface area contributed by atoms with Gasteiger partial charge in [-0.2, -0.15) is 4.98 Å². The Kier molecular flexibility index (Phi) is 1.69. The highest BCUT2D eigenvalue weighted by Gasteiger charge is 2.01. The van der Waals surface area contributed by atoms with Crippen LogP contribution in [0.25, 0.3) is 10.2 Å². The van der Waals surface area contributed by atoms with Crippen molar-refractivity contribution in [3.05, 3.63) is 17.1 Å². The van der Waals surface area contributed by atoms with Crippen molar-refractivity contribution in [2.45, 2.75) is 6.92 Å². The maximum Gasteiger partial charge on any atom is 0.316 e. The lowest BCUT2D eigenvalue weighted by Gasteiger charge is -1.94. The van der Waals surface area contributed by atoms with Crippen molar-refractivity contribution in [1.29, 1.82) is 0 Å². The van der Waals surface area contributed by atoms with E-state index in [4.69, 9.17) is 4.74 Å². The summed E-state index contributed by atoms with van der Waals surface area (Å²) in [5, 5.41) is 0. The average molecular weight is 180 g/mol. The van der Waals surface area contributed by atoms with Crippen LogP contribution in [0.15, 0.2) is 12.3 Å². The molecular weight excluding hydrogens is 172 g/mol. The topological polar surface area (TPSA) is 35.0 Å².